The number of hydrogen-bond acceptors (Lipinski definition) is 8. The molecular weight excluding hydrogens is 538 g/mol. The molecule has 228 valence electrons. The number of pyridine rings is 1. The molecule has 3 amide bonds. The maximum absolute atomic E-state index is 13.4. The molecule has 0 bridgehead atoms. The van der Waals surface area contributed by atoms with Gasteiger partial charge in [-0.3, -0.25) is 4.79 Å². The molecule has 42 heavy (non-hydrogen) atoms. The number of para-hydroxylation sites is 1. The first-order valence-electron chi connectivity index (χ1n) is 14.4. The first kappa shape index (κ1) is 30.9. The highest BCUT2D eigenvalue weighted by Gasteiger charge is 2.29. The van der Waals surface area contributed by atoms with Gasteiger partial charge in [-0.25, -0.2) is 19.6 Å². The summed E-state index contributed by atoms with van der Waals surface area (Å²) in [7, 11) is 0. The minimum absolute atomic E-state index is 0.0301. The van der Waals surface area contributed by atoms with Crippen LogP contribution in [0.3, 0.4) is 0 Å². The molecule has 0 saturated carbocycles. The predicted octanol–water partition coefficient (Wildman–Crippen LogP) is 4.39. The Bertz CT molecular complexity index is 1460. The second-order valence-corrected chi connectivity index (χ2v) is 12.5. The molecule has 1 aliphatic rings. The second kappa shape index (κ2) is 12.0. The van der Waals surface area contributed by atoms with Crippen molar-refractivity contribution in [3.05, 3.63) is 30.1 Å². The van der Waals surface area contributed by atoms with Gasteiger partial charge in [0.05, 0.1) is 17.6 Å². The maximum Gasteiger partial charge on any atom is 0.410 e. The molecule has 0 radical (unpaired) electrons. The Balaban J connectivity index is 1.58. The minimum atomic E-state index is -0.644. The van der Waals surface area contributed by atoms with E-state index >= 15 is 0 Å². The highest BCUT2D eigenvalue weighted by Crippen LogP contribution is 2.30. The van der Waals surface area contributed by atoms with Crippen molar-refractivity contribution in [3.63, 3.8) is 0 Å². The summed E-state index contributed by atoms with van der Waals surface area (Å²) in [4.78, 5) is 53.1. The van der Waals surface area contributed by atoms with Crippen LogP contribution in [0.25, 0.3) is 21.9 Å². The molecule has 0 aliphatic carbocycles. The van der Waals surface area contributed by atoms with E-state index in [4.69, 9.17) is 20.2 Å². The van der Waals surface area contributed by atoms with E-state index in [1.54, 1.807) is 14.7 Å². The van der Waals surface area contributed by atoms with Gasteiger partial charge in [-0.15, -0.1) is 0 Å². The average molecular weight is 582 g/mol. The standard InChI is InChI=1S/C30H43N7O5/c1-8-34(27(39)41-29(2,3)4)19-22-33-24-25(20-11-9-10-12-21(20)32-26(24)31)37(22)14-13-23(38)35-15-17-36(18-16-35)28(40)42-30(5,6)7/h9-12H,8,13-19H2,1-7H3,(H2,31,32). The second-order valence-electron chi connectivity index (χ2n) is 12.5. The van der Waals surface area contributed by atoms with E-state index in [0.29, 0.717) is 50.6 Å². The third-order valence-corrected chi connectivity index (χ3v) is 6.89. The minimum Gasteiger partial charge on any atom is -0.444 e. The van der Waals surface area contributed by atoms with E-state index in [1.165, 1.54) is 0 Å². The van der Waals surface area contributed by atoms with Gasteiger partial charge < -0.3 is 34.5 Å². The summed E-state index contributed by atoms with van der Waals surface area (Å²) in [6.45, 7) is 15.4. The van der Waals surface area contributed by atoms with Crippen molar-refractivity contribution >= 4 is 45.8 Å². The highest BCUT2D eigenvalue weighted by molar-refractivity contribution is 6.06. The van der Waals surface area contributed by atoms with Crippen LogP contribution in [-0.2, 0) is 27.4 Å². The van der Waals surface area contributed by atoms with E-state index in [0.717, 1.165) is 16.4 Å². The summed E-state index contributed by atoms with van der Waals surface area (Å²) in [5, 5.41) is 0.860. The SMILES string of the molecule is CCN(Cc1nc2c(N)nc3ccccc3c2n1CCC(=O)N1CCN(C(=O)OC(C)(C)C)CC1)C(=O)OC(C)(C)C. The number of nitrogen functional groups attached to an aromatic ring is 1. The van der Waals surface area contributed by atoms with Crippen LogP contribution >= 0.6 is 0 Å². The normalized spacial score (nSPS) is 14.4. The van der Waals surface area contributed by atoms with Gasteiger partial charge in [0.2, 0.25) is 5.91 Å². The predicted molar refractivity (Wildman–Crippen MR) is 161 cm³/mol. The van der Waals surface area contributed by atoms with Crippen molar-refractivity contribution < 1.29 is 23.9 Å². The largest absolute Gasteiger partial charge is 0.444 e. The number of aromatic nitrogens is 3. The Hall–Kier alpha value is -4.09. The number of aryl methyl sites for hydroxylation is 1. The molecule has 0 unspecified atom stereocenters. The lowest BCUT2D eigenvalue weighted by atomic mass is 10.2. The monoisotopic (exact) mass is 581 g/mol. The number of nitrogens with zero attached hydrogens (tertiary/aromatic N) is 6. The third kappa shape index (κ3) is 7.21. The smallest absolute Gasteiger partial charge is 0.410 e. The van der Waals surface area contributed by atoms with Crippen molar-refractivity contribution in [2.75, 3.05) is 38.5 Å². The first-order valence-corrected chi connectivity index (χ1v) is 14.4. The van der Waals surface area contributed by atoms with Gasteiger partial charge in [0.25, 0.3) is 0 Å². The Morgan fingerprint density at radius 1 is 0.929 bits per heavy atom. The van der Waals surface area contributed by atoms with Gasteiger partial charge in [0.15, 0.2) is 5.82 Å². The molecule has 3 heterocycles. The molecule has 0 atom stereocenters. The van der Waals surface area contributed by atoms with Crippen molar-refractivity contribution in [1.29, 1.82) is 0 Å². The van der Waals surface area contributed by atoms with Crippen LogP contribution in [0.1, 0.15) is 60.7 Å². The molecule has 1 aliphatic heterocycles. The van der Waals surface area contributed by atoms with Crippen LogP contribution in [-0.4, -0.2) is 91.3 Å². The van der Waals surface area contributed by atoms with Crippen LogP contribution in [0, 0.1) is 0 Å². The quantitative estimate of drug-likeness (QED) is 0.453. The van der Waals surface area contributed by atoms with Gasteiger partial charge in [0, 0.05) is 51.1 Å². The van der Waals surface area contributed by atoms with Gasteiger partial charge >= 0.3 is 12.2 Å². The fraction of sp³-hybridized carbons (Fsp3) is 0.567. The third-order valence-electron chi connectivity index (χ3n) is 6.89. The Morgan fingerprint density at radius 2 is 1.55 bits per heavy atom. The fourth-order valence-corrected chi connectivity index (χ4v) is 4.90. The van der Waals surface area contributed by atoms with Gasteiger partial charge in [0.1, 0.15) is 22.5 Å². The molecule has 1 saturated heterocycles. The number of carbonyl (C=O) groups is 3. The summed E-state index contributed by atoms with van der Waals surface area (Å²) in [6.07, 6.45) is -0.605. The Morgan fingerprint density at radius 3 is 2.17 bits per heavy atom. The number of carbonyl (C=O) groups excluding carboxylic acids is 3. The lowest BCUT2D eigenvalue weighted by Crippen LogP contribution is -2.51. The van der Waals surface area contributed by atoms with Crippen molar-refractivity contribution in [2.45, 2.75) is 79.2 Å². The fourth-order valence-electron chi connectivity index (χ4n) is 4.90. The van der Waals surface area contributed by atoms with E-state index in [1.807, 2.05) is 77.3 Å². The summed E-state index contributed by atoms with van der Waals surface area (Å²) in [6, 6.07) is 7.65. The zero-order valence-electron chi connectivity index (χ0n) is 25.8. The van der Waals surface area contributed by atoms with E-state index in [9.17, 15) is 14.4 Å². The molecule has 1 fully saturated rings. The van der Waals surface area contributed by atoms with Crippen molar-refractivity contribution in [2.24, 2.45) is 0 Å². The van der Waals surface area contributed by atoms with Crippen LogP contribution < -0.4 is 5.73 Å². The number of amides is 3. The lowest BCUT2D eigenvalue weighted by molar-refractivity contribution is -0.133. The molecule has 2 N–H and O–H groups in total. The highest BCUT2D eigenvalue weighted by atomic mass is 16.6. The number of imidazole rings is 1. The number of hydrogen-bond donors (Lipinski definition) is 1. The summed E-state index contributed by atoms with van der Waals surface area (Å²) < 4.78 is 13.1. The van der Waals surface area contributed by atoms with E-state index < -0.39 is 17.3 Å². The Kier molecular flexibility index (Phi) is 8.84. The summed E-state index contributed by atoms with van der Waals surface area (Å²) >= 11 is 0. The number of ether oxygens (including phenoxy) is 2. The molecule has 12 heteroatoms. The number of benzene rings is 1. The average Bonchev–Trinajstić information content (AvgIpc) is 3.27. The maximum atomic E-state index is 13.4. The number of anilines is 1. The van der Waals surface area contributed by atoms with Gasteiger partial charge in [-0.2, -0.15) is 0 Å². The summed E-state index contributed by atoms with van der Waals surface area (Å²) in [5.41, 5.74) is 7.16. The lowest BCUT2D eigenvalue weighted by Gasteiger charge is -2.35. The molecule has 4 rings (SSSR count). The molecule has 12 nitrogen and oxygen atoms in total. The van der Waals surface area contributed by atoms with Crippen molar-refractivity contribution in [1.82, 2.24) is 29.2 Å². The summed E-state index contributed by atoms with van der Waals surface area (Å²) in [5.74, 6) is 0.844. The molecule has 1 aromatic carbocycles. The van der Waals surface area contributed by atoms with Gasteiger partial charge in [-0.1, -0.05) is 18.2 Å². The number of rotatable bonds is 6. The molecular formula is C30H43N7O5. The zero-order valence-corrected chi connectivity index (χ0v) is 25.8. The zero-order chi connectivity index (χ0) is 30.8. The van der Waals surface area contributed by atoms with Crippen molar-refractivity contribution in [3.8, 4) is 0 Å². The van der Waals surface area contributed by atoms with Crippen LogP contribution in [0.2, 0.25) is 0 Å². The number of fused-ring (bicyclic) bond motifs is 3. The molecule has 3 aromatic rings. The van der Waals surface area contributed by atoms with Gasteiger partial charge in [-0.05, 0) is 54.5 Å². The van der Waals surface area contributed by atoms with Crippen LogP contribution in [0.15, 0.2) is 24.3 Å². The van der Waals surface area contributed by atoms with E-state index in [2.05, 4.69) is 4.98 Å². The Labute approximate surface area is 246 Å². The number of nitrogens with two attached hydrogens (primary N) is 1. The van der Waals surface area contributed by atoms with E-state index in [-0.39, 0.29) is 30.8 Å². The van der Waals surface area contributed by atoms with Crippen LogP contribution in [0.4, 0.5) is 15.4 Å². The topological polar surface area (TPSA) is 136 Å². The number of piperazine rings is 1. The van der Waals surface area contributed by atoms with Crippen LogP contribution in [0.5, 0.6) is 0 Å². The first-order chi connectivity index (χ1) is 19.7. The molecule has 0 spiro atoms. The molecule has 2 aromatic heterocycles.